The van der Waals surface area contributed by atoms with Crippen molar-refractivity contribution in [2.75, 3.05) is 0 Å². The maximum Gasteiger partial charge on any atom is 0.105 e. The summed E-state index contributed by atoms with van der Waals surface area (Å²) in [6, 6.07) is 0. The van der Waals surface area contributed by atoms with Crippen LogP contribution < -0.4 is 5.73 Å². The maximum atomic E-state index is 5.31. The SMILES string of the molecule is NCc1cn[nH]c1Br. The van der Waals surface area contributed by atoms with Crippen LogP contribution in [-0.2, 0) is 6.54 Å². The number of aromatic amines is 1. The van der Waals surface area contributed by atoms with Gasteiger partial charge in [0.2, 0.25) is 0 Å². The Morgan fingerprint density at radius 2 is 2.62 bits per heavy atom. The molecule has 0 atom stereocenters. The van der Waals surface area contributed by atoms with Crippen molar-refractivity contribution in [2.45, 2.75) is 6.54 Å². The molecule has 0 bridgehead atoms. The van der Waals surface area contributed by atoms with Gasteiger partial charge < -0.3 is 5.73 Å². The zero-order chi connectivity index (χ0) is 5.98. The van der Waals surface area contributed by atoms with Gasteiger partial charge in [-0.2, -0.15) is 5.10 Å². The van der Waals surface area contributed by atoms with Crippen LogP contribution in [0.15, 0.2) is 10.8 Å². The summed E-state index contributed by atoms with van der Waals surface area (Å²) in [7, 11) is 0. The lowest BCUT2D eigenvalue weighted by molar-refractivity contribution is 1.05. The van der Waals surface area contributed by atoms with Gasteiger partial charge >= 0.3 is 0 Å². The first-order valence-electron chi connectivity index (χ1n) is 2.22. The summed E-state index contributed by atoms with van der Waals surface area (Å²) in [5.74, 6) is 0. The number of nitrogens with zero attached hydrogens (tertiary/aromatic N) is 1. The van der Waals surface area contributed by atoms with E-state index in [0.29, 0.717) is 6.54 Å². The van der Waals surface area contributed by atoms with Crippen LogP contribution in [0.25, 0.3) is 0 Å². The Balaban J connectivity index is 2.92. The second-order valence-electron chi connectivity index (χ2n) is 1.41. The monoisotopic (exact) mass is 175 g/mol. The minimum Gasteiger partial charge on any atom is -0.326 e. The summed E-state index contributed by atoms with van der Waals surface area (Å²) in [5.41, 5.74) is 6.31. The number of nitrogens with two attached hydrogens (primary N) is 1. The quantitative estimate of drug-likeness (QED) is 0.659. The molecule has 44 valence electrons. The van der Waals surface area contributed by atoms with E-state index in [2.05, 4.69) is 26.1 Å². The molecule has 8 heavy (non-hydrogen) atoms. The molecule has 0 unspecified atom stereocenters. The third kappa shape index (κ3) is 0.900. The van der Waals surface area contributed by atoms with Crippen LogP contribution in [-0.4, -0.2) is 10.2 Å². The molecule has 0 fully saturated rings. The fraction of sp³-hybridized carbons (Fsp3) is 0.250. The summed E-state index contributed by atoms with van der Waals surface area (Å²) in [4.78, 5) is 0. The van der Waals surface area contributed by atoms with Gasteiger partial charge in [0.15, 0.2) is 0 Å². The van der Waals surface area contributed by atoms with Gasteiger partial charge in [0, 0.05) is 12.1 Å². The Kier molecular flexibility index (Phi) is 1.65. The van der Waals surface area contributed by atoms with E-state index >= 15 is 0 Å². The molecule has 0 amide bonds. The number of H-pyrrole nitrogens is 1. The van der Waals surface area contributed by atoms with Crippen molar-refractivity contribution >= 4 is 15.9 Å². The van der Waals surface area contributed by atoms with E-state index in [0.717, 1.165) is 10.2 Å². The third-order valence-electron chi connectivity index (χ3n) is 0.885. The zero-order valence-electron chi connectivity index (χ0n) is 4.19. The summed E-state index contributed by atoms with van der Waals surface area (Å²) in [6.45, 7) is 0.525. The van der Waals surface area contributed by atoms with E-state index in [1.165, 1.54) is 0 Å². The summed E-state index contributed by atoms with van der Waals surface area (Å²) >= 11 is 3.23. The lowest BCUT2D eigenvalue weighted by Crippen LogP contribution is -1.94. The highest BCUT2D eigenvalue weighted by atomic mass is 79.9. The molecule has 1 aromatic heterocycles. The van der Waals surface area contributed by atoms with Crippen LogP contribution in [0.5, 0.6) is 0 Å². The number of aromatic nitrogens is 2. The zero-order valence-corrected chi connectivity index (χ0v) is 5.77. The van der Waals surface area contributed by atoms with Crippen molar-refractivity contribution in [1.29, 1.82) is 0 Å². The lowest BCUT2D eigenvalue weighted by Gasteiger charge is -1.84. The van der Waals surface area contributed by atoms with E-state index < -0.39 is 0 Å². The summed E-state index contributed by atoms with van der Waals surface area (Å²) in [5, 5.41) is 6.45. The molecule has 0 aliphatic rings. The number of nitrogens with one attached hydrogen (secondary N) is 1. The fourth-order valence-corrected chi connectivity index (χ4v) is 0.804. The normalized spacial score (nSPS) is 9.75. The van der Waals surface area contributed by atoms with Gasteiger partial charge in [-0.3, -0.25) is 5.10 Å². The Morgan fingerprint density at radius 1 is 1.88 bits per heavy atom. The van der Waals surface area contributed by atoms with Crippen LogP contribution >= 0.6 is 15.9 Å². The number of halogens is 1. The van der Waals surface area contributed by atoms with Crippen LogP contribution in [0.4, 0.5) is 0 Å². The van der Waals surface area contributed by atoms with Crippen LogP contribution in [0, 0.1) is 0 Å². The maximum absolute atomic E-state index is 5.31. The van der Waals surface area contributed by atoms with Crippen LogP contribution in [0.1, 0.15) is 5.56 Å². The Labute approximate surface area is 55.4 Å². The number of rotatable bonds is 1. The first-order valence-corrected chi connectivity index (χ1v) is 3.01. The van der Waals surface area contributed by atoms with Gasteiger partial charge in [-0.05, 0) is 15.9 Å². The fourth-order valence-electron chi connectivity index (χ4n) is 0.438. The highest BCUT2D eigenvalue weighted by molar-refractivity contribution is 9.10. The second-order valence-corrected chi connectivity index (χ2v) is 2.21. The predicted molar refractivity (Wildman–Crippen MR) is 34.2 cm³/mol. The lowest BCUT2D eigenvalue weighted by atomic mass is 10.4. The standard InChI is InChI=1S/C4H6BrN3/c5-4-3(1-6)2-7-8-4/h2H,1,6H2,(H,7,8). The highest BCUT2D eigenvalue weighted by Gasteiger charge is 1.95. The van der Waals surface area contributed by atoms with Crippen molar-refractivity contribution in [3.8, 4) is 0 Å². The van der Waals surface area contributed by atoms with Crippen LogP contribution in [0.3, 0.4) is 0 Å². The molecule has 0 radical (unpaired) electrons. The average molecular weight is 176 g/mol. The Hall–Kier alpha value is -0.350. The topological polar surface area (TPSA) is 54.7 Å². The Bertz CT molecular complexity index is 172. The number of hydrogen-bond donors (Lipinski definition) is 2. The predicted octanol–water partition coefficient (Wildman–Crippen LogP) is 0.631. The molecular weight excluding hydrogens is 170 g/mol. The number of hydrogen-bond acceptors (Lipinski definition) is 2. The summed E-state index contributed by atoms with van der Waals surface area (Å²) in [6.07, 6.45) is 1.70. The van der Waals surface area contributed by atoms with Gasteiger partial charge in [0.25, 0.3) is 0 Å². The van der Waals surface area contributed by atoms with Crippen molar-refractivity contribution in [3.05, 3.63) is 16.4 Å². The first-order chi connectivity index (χ1) is 3.84. The van der Waals surface area contributed by atoms with E-state index in [9.17, 15) is 0 Å². The van der Waals surface area contributed by atoms with E-state index in [1.807, 2.05) is 0 Å². The highest BCUT2D eigenvalue weighted by Crippen LogP contribution is 2.09. The van der Waals surface area contributed by atoms with E-state index in [-0.39, 0.29) is 0 Å². The van der Waals surface area contributed by atoms with E-state index in [1.54, 1.807) is 6.20 Å². The minimum absolute atomic E-state index is 0.525. The molecule has 0 saturated carbocycles. The minimum atomic E-state index is 0.525. The van der Waals surface area contributed by atoms with Gasteiger partial charge in [-0.1, -0.05) is 0 Å². The molecule has 4 heteroatoms. The van der Waals surface area contributed by atoms with Crippen molar-refractivity contribution in [3.63, 3.8) is 0 Å². The molecule has 0 aliphatic heterocycles. The average Bonchev–Trinajstić information content (AvgIpc) is 2.14. The molecule has 3 nitrogen and oxygen atoms in total. The molecule has 0 saturated heterocycles. The molecule has 3 N–H and O–H groups in total. The largest absolute Gasteiger partial charge is 0.326 e. The van der Waals surface area contributed by atoms with Crippen molar-refractivity contribution in [2.24, 2.45) is 5.73 Å². The first kappa shape index (κ1) is 5.78. The third-order valence-corrected chi connectivity index (χ3v) is 1.57. The van der Waals surface area contributed by atoms with Gasteiger partial charge in [0.05, 0.1) is 6.20 Å². The van der Waals surface area contributed by atoms with Gasteiger partial charge in [-0.15, -0.1) is 0 Å². The van der Waals surface area contributed by atoms with Crippen molar-refractivity contribution < 1.29 is 0 Å². The van der Waals surface area contributed by atoms with E-state index in [4.69, 9.17) is 5.73 Å². The second kappa shape index (κ2) is 2.28. The molecule has 0 spiro atoms. The smallest absolute Gasteiger partial charge is 0.105 e. The van der Waals surface area contributed by atoms with Gasteiger partial charge in [0.1, 0.15) is 4.60 Å². The molecule has 1 rings (SSSR count). The van der Waals surface area contributed by atoms with Crippen LogP contribution in [0.2, 0.25) is 0 Å². The molecule has 1 aromatic rings. The van der Waals surface area contributed by atoms with Crippen molar-refractivity contribution in [1.82, 2.24) is 10.2 Å². The molecule has 1 heterocycles. The van der Waals surface area contributed by atoms with Gasteiger partial charge in [-0.25, -0.2) is 0 Å². The Morgan fingerprint density at radius 3 is 2.88 bits per heavy atom. The summed E-state index contributed by atoms with van der Waals surface area (Å²) < 4.78 is 0.875. The molecular formula is C4H6BrN3. The molecule has 0 aromatic carbocycles. The molecule has 0 aliphatic carbocycles.